The van der Waals surface area contributed by atoms with Crippen LogP contribution in [0.2, 0.25) is 0 Å². The SMILES string of the molecule is COc1ncnc(C2CC2)c1-c1ncc2nc(NCc3ccc(S(C)(=O)=O)cn3)c(=O)n([C@@H](C)C3CC3)c2n1. The number of nitrogens with one attached hydrogen (secondary N) is 1. The zero-order chi connectivity index (χ0) is 27.3. The second kappa shape index (κ2) is 9.63. The van der Waals surface area contributed by atoms with Crippen LogP contribution in [0.3, 0.4) is 0 Å². The van der Waals surface area contributed by atoms with Crippen molar-refractivity contribution in [3.63, 3.8) is 0 Å². The maximum absolute atomic E-state index is 13.7. The molecule has 0 bridgehead atoms. The Kier molecular flexibility index (Phi) is 6.25. The maximum Gasteiger partial charge on any atom is 0.295 e. The van der Waals surface area contributed by atoms with Gasteiger partial charge in [0.05, 0.1) is 36.1 Å². The Balaban J connectivity index is 1.41. The minimum Gasteiger partial charge on any atom is -0.480 e. The van der Waals surface area contributed by atoms with Gasteiger partial charge in [0, 0.05) is 24.4 Å². The van der Waals surface area contributed by atoms with Crippen LogP contribution in [0.1, 0.15) is 56.0 Å². The molecule has 2 fully saturated rings. The molecule has 2 saturated carbocycles. The van der Waals surface area contributed by atoms with Crippen molar-refractivity contribution >= 4 is 26.8 Å². The number of fused-ring (bicyclic) bond motifs is 1. The van der Waals surface area contributed by atoms with Crippen molar-refractivity contribution in [3.05, 3.63) is 52.6 Å². The van der Waals surface area contributed by atoms with Crippen LogP contribution in [-0.2, 0) is 16.4 Å². The summed E-state index contributed by atoms with van der Waals surface area (Å²) in [6.45, 7) is 2.22. The van der Waals surface area contributed by atoms with Crippen molar-refractivity contribution < 1.29 is 13.2 Å². The number of pyridine rings is 1. The third-order valence-corrected chi connectivity index (χ3v) is 8.33. The quantitative estimate of drug-likeness (QED) is 0.328. The first-order valence-corrected chi connectivity index (χ1v) is 14.7. The van der Waals surface area contributed by atoms with Gasteiger partial charge in [-0.05, 0) is 50.7 Å². The van der Waals surface area contributed by atoms with Gasteiger partial charge in [-0.3, -0.25) is 14.3 Å². The van der Waals surface area contributed by atoms with E-state index in [4.69, 9.17) is 9.72 Å². The van der Waals surface area contributed by atoms with Crippen molar-refractivity contribution in [1.29, 1.82) is 0 Å². The predicted molar refractivity (Wildman–Crippen MR) is 143 cm³/mol. The summed E-state index contributed by atoms with van der Waals surface area (Å²) >= 11 is 0. The van der Waals surface area contributed by atoms with Gasteiger partial charge in [-0.1, -0.05) is 0 Å². The normalized spacial score (nSPS) is 16.3. The molecule has 0 saturated heterocycles. The van der Waals surface area contributed by atoms with Crippen LogP contribution in [-0.4, -0.2) is 56.3 Å². The number of aromatic nitrogens is 7. The predicted octanol–water partition coefficient (Wildman–Crippen LogP) is 2.91. The fraction of sp³-hybridized carbons (Fsp3) is 0.423. The molecule has 0 aliphatic heterocycles. The Morgan fingerprint density at radius 1 is 1.08 bits per heavy atom. The number of hydrogen-bond acceptors (Lipinski definition) is 11. The van der Waals surface area contributed by atoms with E-state index in [0.29, 0.717) is 46.0 Å². The standard InChI is InChI=1S/C26H28N8O4S/c1-14(15-4-5-15)34-24-19(12-29-22(33-24)20-21(16-6-7-16)30-13-31-25(20)38-2)32-23(26(34)35)28-10-17-8-9-18(11-27-17)39(3,36)37/h8-9,11-16H,4-7,10H2,1-3H3,(H,28,32)/t14-/m0/s1. The first kappa shape index (κ1) is 25.3. The number of nitrogens with zero attached hydrogens (tertiary/aromatic N) is 7. The summed E-state index contributed by atoms with van der Waals surface area (Å²) < 4.78 is 30.7. The molecule has 1 atom stereocenters. The number of rotatable bonds is 9. The average Bonchev–Trinajstić information content (AvgIpc) is 3.84. The number of sulfone groups is 1. The van der Waals surface area contributed by atoms with Gasteiger partial charge in [0.25, 0.3) is 5.56 Å². The highest BCUT2D eigenvalue weighted by molar-refractivity contribution is 7.90. The molecule has 0 aromatic carbocycles. The fourth-order valence-electron chi connectivity index (χ4n) is 4.73. The first-order valence-electron chi connectivity index (χ1n) is 12.8. The van der Waals surface area contributed by atoms with E-state index in [1.54, 1.807) is 23.9 Å². The van der Waals surface area contributed by atoms with Crippen molar-refractivity contribution in [2.24, 2.45) is 5.92 Å². The van der Waals surface area contributed by atoms with Crippen molar-refractivity contribution in [2.75, 3.05) is 18.7 Å². The van der Waals surface area contributed by atoms with Crippen LogP contribution in [0.25, 0.3) is 22.6 Å². The average molecular weight is 549 g/mol. The zero-order valence-electron chi connectivity index (χ0n) is 21.8. The number of methoxy groups -OCH3 is 1. The molecule has 4 aromatic rings. The second-order valence-electron chi connectivity index (χ2n) is 10.1. The Bertz CT molecular complexity index is 1730. The molecule has 0 radical (unpaired) electrons. The van der Waals surface area contributed by atoms with Gasteiger partial charge >= 0.3 is 0 Å². The zero-order valence-corrected chi connectivity index (χ0v) is 22.6. The molecular weight excluding hydrogens is 520 g/mol. The minimum atomic E-state index is -3.35. The highest BCUT2D eigenvalue weighted by atomic mass is 32.2. The van der Waals surface area contributed by atoms with Gasteiger partial charge in [0.1, 0.15) is 17.4 Å². The van der Waals surface area contributed by atoms with Crippen LogP contribution >= 0.6 is 0 Å². The molecule has 4 heterocycles. The van der Waals surface area contributed by atoms with E-state index in [9.17, 15) is 13.2 Å². The van der Waals surface area contributed by atoms with E-state index < -0.39 is 9.84 Å². The molecule has 0 amide bonds. The van der Waals surface area contributed by atoms with Gasteiger partial charge < -0.3 is 10.1 Å². The molecule has 1 N–H and O–H groups in total. The third kappa shape index (κ3) is 4.93. The van der Waals surface area contributed by atoms with Gasteiger partial charge in [-0.15, -0.1) is 0 Å². The Hall–Kier alpha value is -4.00. The third-order valence-electron chi connectivity index (χ3n) is 7.23. The Labute approximate surface area is 224 Å². The highest BCUT2D eigenvalue weighted by Gasteiger charge is 2.34. The lowest BCUT2D eigenvalue weighted by molar-refractivity contribution is 0.397. The molecule has 13 heteroatoms. The number of hydrogen-bond donors (Lipinski definition) is 1. The van der Waals surface area contributed by atoms with Crippen LogP contribution in [0.15, 0.2) is 40.5 Å². The number of anilines is 1. The smallest absolute Gasteiger partial charge is 0.295 e. The molecular formula is C26H28N8O4S. The lowest BCUT2D eigenvalue weighted by atomic mass is 10.1. The summed E-state index contributed by atoms with van der Waals surface area (Å²) in [6, 6.07) is 3.01. The fourth-order valence-corrected chi connectivity index (χ4v) is 5.29. The summed E-state index contributed by atoms with van der Waals surface area (Å²) in [4.78, 5) is 40.9. The largest absolute Gasteiger partial charge is 0.480 e. The Morgan fingerprint density at radius 3 is 2.51 bits per heavy atom. The van der Waals surface area contributed by atoms with Crippen LogP contribution in [0.4, 0.5) is 5.82 Å². The van der Waals surface area contributed by atoms with Crippen molar-refractivity contribution in [3.8, 4) is 17.3 Å². The van der Waals surface area contributed by atoms with E-state index in [0.717, 1.165) is 37.6 Å². The lowest BCUT2D eigenvalue weighted by Gasteiger charge is -2.19. The molecule has 202 valence electrons. The molecule has 2 aliphatic carbocycles. The van der Waals surface area contributed by atoms with E-state index in [-0.39, 0.29) is 28.9 Å². The van der Waals surface area contributed by atoms with Gasteiger partial charge in [-0.25, -0.2) is 33.3 Å². The van der Waals surface area contributed by atoms with E-state index in [1.807, 2.05) is 6.92 Å². The summed E-state index contributed by atoms with van der Waals surface area (Å²) in [7, 11) is -1.79. The van der Waals surface area contributed by atoms with E-state index >= 15 is 0 Å². The van der Waals surface area contributed by atoms with E-state index in [1.165, 1.54) is 18.6 Å². The summed E-state index contributed by atoms with van der Waals surface area (Å²) in [5.41, 5.74) is 2.69. The molecule has 0 spiro atoms. The van der Waals surface area contributed by atoms with Crippen LogP contribution in [0, 0.1) is 5.92 Å². The summed E-state index contributed by atoms with van der Waals surface area (Å²) in [6.07, 6.45) is 9.69. The van der Waals surface area contributed by atoms with Gasteiger partial charge in [0.15, 0.2) is 27.1 Å². The van der Waals surface area contributed by atoms with Crippen LogP contribution in [0.5, 0.6) is 5.88 Å². The molecule has 4 aromatic heterocycles. The first-order chi connectivity index (χ1) is 18.7. The summed E-state index contributed by atoms with van der Waals surface area (Å²) in [5.74, 6) is 1.64. The molecule has 6 rings (SSSR count). The maximum atomic E-state index is 13.7. The lowest BCUT2D eigenvalue weighted by Crippen LogP contribution is -2.29. The molecule has 2 aliphatic rings. The van der Waals surface area contributed by atoms with Crippen molar-refractivity contribution in [1.82, 2.24) is 34.5 Å². The van der Waals surface area contributed by atoms with E-state index in [2.05, 4.69) is 30.2 Å². The highest BCUT2D eigenvalue weighted by Crippen LogP contribution is 2.45. The van der Waals surface area contributed by atoms with Gasteiger partial charge in [0.2, 0.25) is 5.88 Å². The van der Waals surface area contributed by atoms with Crippen LogP contribution < -0.4 is 15.6 Å². The molecule has 39 heavy (non-hydrogen) atoms. The number of ether oxygens (including phenoxy) is 1. The molecule has 12 nitrogen and oxygen atoms in total. The minimum absolute atomic E-state index is 0.0877. The summed E-state index contributed by atoms with van der Waals surface area (Å²) in [5, 5.41) is 3.08. The monoisotopic (exact) mass is 548 g/mol. The molecule has 0 unspecified atom stereocenters. The second-order valence-corrected chi connectivity index (χ2v) is 12.2. The topological polar surface area (TPSA) is 155 Å². The van der Waals surface area contributed by atoms with Crippen molar-refractivity contribution in [2.45, 2.75) is 56.0 Å². The van der Waals surface area contributed by atoms with Gasteiger partial charge in [-0.2, -0.15) is 0 Å². The Morgan fingerprint density at radius 2 is 1.87 bits per heavy atom.